The highest BCUT2D eigenvalue weighted by Gasteiger charge is 2.09. The molecule has 1 aromatic carbocycles. The topological polar surface area (TPSA) is 26.0 Å². The zero-order chi connectivity index (χ0) is 10.1. The minimum atomic E-state index is 0.521. The number of oxazole rings is 1. The van der Waals surface area contributed by atoms with Gasteiger partial charge in [0.15, 0.2) is 0 Å². The third kappa shape index (κ3) is 1.91. The molecule has 0 aliphatic heterocycles. The van der Waals surface area contributed by atoms with E-state index in [-0.39, 0.29) is 0 Å². The summed E-state index contributed by atoms with van der Waals surface area (Å²) in [4.78, 5) is 4.77. The Balaban J connectivity index is 2.49. The van der Waals surface area contributed by atoms with Crippen LogP contribution < -0.4 is 0 Å². The van der Waals surface area contributed by atoms with E-state index in [0.717, 1.165) is 21.5 Å². The highest BCUT2D eigenvalue weighted by molar-refractivity contribution is 9.10. The molecule has 0 unspecified atom stereocenters. The van der Waals surface area contributed by atoms with Gasteiger partial charge in [0, 0.05) is 26.0 Å². The van der Waals surface area contributed by atoms with Crippen molar-refractivity contribution in [1.82, 2.24) is 4.98 Å². The maximum absolute atomic E-state index is 5.29. The molecular formula is C10H7Br2NO. The van der Waals surface area contributed by atoms with Crippen LogP contribution in [0.1, 0.15) is 5.76 Å². The Morgan fingerprint density at radius 1 is 1.14 bits per heavy atom. The Morgan fingerprint density at radius 2 is 1.79 bits per heavy atom. The Morgan fingerprint density at radius 3 is 2.29 bits per heavy atom. The second-order valence-corrected chi connectivity index (χ2v) is 4.47. The predicted molar refractivity (Wildman–Crippen MR) is 62.1 cm³/mol. The Bertz CT molecular complexity index is 448. The zero-order valence-electron chi connectivity index (χ0n) is 7.42. The maximum atomic E-state index is 5.29. The van der Waals surface area contributed by atoms with E-state index in [4.69, 9.17) is 4.42 Å². The predicted octanol–water partition coefficient (Wildman–Crippen LogP) is 4.18. The van der Waals surface area contributed by atoms with Crippen molar-refractivity contribution < 1.29 is 4.42 Å². The van der Waals surface area contributed by atoms with Crippen LogP contribution in [-0.2, 0) is 0 Å². The van der Waals surface area contributed by atoms with Gasteiger partial charge in [0.1, 0.15) is 11.5 Å². The number of benzene rings is 1. The third-order valence-electron chi connectivity index (χ3n) is 1.89. The van der Waals surface area contributed by atoms with Crippen LogP contribution in [-0.4, -0.2) is 4.98 Å². The summed E-state index contributed by atoms with van der Waals surface area (Å²) in [7, 11) is 0. The lowest BCUT2D eigenvalue weighted by Gasteiger charge is -1.96. The number of hydrogen-bond donors (Lipinski definition) is 0. The van der Waals surface area contributed by atoms with Crippen molar-refractivity contribution in [2.75, 3.05) is 0 Å². The minimum Gasteiger partial charge on any atom is -0.436 e. The van der Waals surface area contributed by atoms with E-state index in [0.29, 0.717) is 4.80 Å². The molecule has 0 radical (unpaired) electrons. The van der Waals surface area contributed by atoms with Crippen LogP contribution in [0.15, 0.2) is 38.0 Å². The van der Waals surface area contributed by atoms with Crippen molar-refractivity contribution >= 4 is 31.9 Å². The highest BCUT2D eigenvalue weighted by Crippen LogP contribution is 2.26. The summed E-state index contributed by atoms with van der Waals surface area (Å²) in [5.41, 5.74) is 1.93. The quantitative estimate of drug-likeness (QED) is 0.789. The second-order valence-electron chi connectivity index (χ2n) is 2.88. The van der Waals surface area contributed by atoms with Gasteiger partial charge in [-0.3, -0.25) is 0 Å². The van der Waals surface area contributed by atoms with Gasteiger partial charge >= 0.3 is 0 Å². The summed E-state index contributed by atoms with van der Waals surface area (Å²) in [6.45, 7) is 1.90. The molecule has 1 aromatic heterocycles. The number of hydrogen-bond acceptors (Lipinski definition) is 2. The zero-order valence-corrected chi connectivity index (χ0v) is 10.6. The van der Waals surface area contributed by atoms with Crippen molar-refractivity contribution in [3.05, 3.63) is 39.3 Å². The normalized spacial score (nSPS) is 10.5. The van der Waals surface area contributed by atoms with Crippen LogP contribution >= 0.6 is 31.9 Å². The first-order valence-corrected chi connectivity index (χ1v) is 5.64. The molecule has 0 spiro atoms. The van der Waals surface area contributed by atoms with E-state index in [1.54, 1.807) is 0 Å². The first kappa shape index (κ1) is 9.93. The Labute approximate surface area is 98.6 Å². The third-order valence-corrected chi connectivity index (χ3v) is 2.76. The molecule has 4 heteroatoms. The van der Waals surface area contributed by atoms with E-state index in [2.05, 4.69) is 36.8 Å². The van der Waals surface area contributed by atoms with Gasteiger partial charge in [-0.15, -0.1) is 0 Å². The summed E-state index contributed by atoms with van der Waals surface area (Å²) >= 11 is 6.60. The smallest absolute Gasteiger partial charge is 0.264 e. The SMILES string of the molecule is Cc1oc(Br)nc1-c1ccc(Br)cc1. The fraction of sp³-hybridized carbons (Fsp3) is 0.100. The van der Waals surface area contributed by atoms with Crippen LogP contribution in [0, 0.1) is 6.92 Å². The number of nitrogens with zero attached hydrogens (tertiary/aromatic N) is 1. The van der Waals surface area contributed by atoms with E-state index in [1.807, 2.05) is 31.2 Å². The average Bonchev–Trinajstić information content (AvgIpc) is 2.47. The molecule has 2 nitrogen and oxygen atoms in total. The first-order valence-electron chi connectivity index (χ1n) is 4.05. The molecule has 0 aliphatic carbocycles. The van der Waals surface area contributed by atoms with Gasteiger partial charge in [-0.05, 0) is 19.1 Å². The van der Waals surface area contributed by atoms with Crippen molar-refractivity contribution in [2.24, 2.45) is 0 Å². The highest BCUT2D eigenvalue weighted by atomic mass is 79.9. The lowest BCUT2D eigenvalue weighted by atomic mass is 10.1. The summed E-state index contributed by atoms with van der Waals surface area (Å²) in [6, 6.07) is 7.97. The van der Waals surface area contributed by atoms with Gasteiger partial charge < -0.3 is 4.42 Å². The van der Waals surface area contributed by atoms with Crippen LogP contribution in [0.4, 0.5) is 0 Å². The summed E-state index contributed by atoms with van der Waals surface area (Å²) < 4.78 is 6.35. The minimum absolute atomic E-state index is 0.521. The van der Waals surface area contributed by atoms with Crippen molar-refractivity contribution in [1.29, 1.82) is 0 Å². The van der Waals surface area contributed by atoms with Gasteiger partial charge in [-0.25, -0.2) is 4.98 Å². The number of aryl methyl sites for hydroxylation is 1. The van der Waals surface area contributed by atoms with E-state index in [1.165, 1.54) is 0 Å². The number of rotatable bonds is 1. The standard InChI is InChI=1S/C10H7Br2NO/c1-6-9(13-10(12)14-6)7-2-4-8(11)5-3-7/h2-5H,1H3. The monoisotopic (exact) mass is 315 g/mol. The molecule has 1 heterocycles. The molecular weight excluding hydrogens is 310 g/mol. The van der Waals surface area contributed by atoms with Crippen molar-refractivity contribution in [3.63, 3.8) is 0 Å². The Kier molecular flexibility index (Phi) is 2.74. The average molecular weight is 317 g/mol. The molecule has 0 saturated heterocycles. The molecule has 2 rings (SSSR count). The molecule has 0 amide bonds. The van der Waals surface area contributed by atoms with E-state index < -0.39 is 0 Å². The molecule has 0 saturated carbocycles. The van der Waals surface area contributed by atoms with Crippen LogP contribution in [0.25, 0.3) is 11.3 Å². The van der Waals surface area contributed by atoms with Crippen molar-refractivity contribution in [2.45, 2.75) is 6.92 Å². The molecule has 14 heavy (non-hydrogen) atoms. The van der Waals surface area contributed by atoms with E-state index >= 15 is 0 Å². The molecule has 2 aromatic rings. The van der Waals surface area contributed by atoms with Crippen LogP contribution in [0.5, 0.6) is 0 Å². The summed E-state index contributed by atoms with van der Waals surface area (Å²) in [5, 5.41) is 0. The number of halogens is 2. The molecule has 0 atom stereocenters. The van der Waals surface area contributed by atoms with E-state index in [9.17, 15) is 0 Å². The van der Waals surface area contributed by atoms with Gasteiger partial charge in [-0.1, -0.05) is 28.1 Å². The van der Waals surface area contributed by atoms with Crippen LogP contribution in [0.2, 0.25) is 0 Å². The van der Waals surface area contributed by atoms with Crippen LogP contribution in [0.3, 0.4) is 0 Å². The first-order chi connectivity index (χ1) is 6.66. The Hall–Kier alpha value is -0.610. The molecule has 0 aliphatic rings. The molecule has 0 N–H and O–H groups in total. The fourth-order valence-electron chi connectivity index (χ4n) is 1.24. The largest absolute Gasteiger partial charge is 0.436 e. The molecule has 72 valence electrons. The van der Waals surface area contributed by atoms with Gasteiger partial charge in [0.25, 0.3) is 4.80 Å². The van der Waals surface area contributed by atoms with Gasteiger partial charge in [0.05, 0.1) is 0 Å². The molecule has 0 bridgehead atoms. The van der Waals surface area contributed by atoms with Crippen molar-refractivity contribution in [3.8, 4) is 11.3 Å². The number of aromatic nitrogens is 1. The lowest BCUT2D eigenvalue weighted by molar-refractivity contribution is 0.501. The summed E-state index contributed by atoms with van der Waals surface area (Å²) in [5.74, 6) is 0.819. The van der Waals surface area contributed by atoms with Gasteiger partial charge in [-0.2, -0.15) is 0 Å². The van der Waals surface area contributed by atoms with Gasteiger partial charge in [0.2, 0.25) is 0 Å². The maximum Gasteiger partial charge on any atom is 0.264 e. The molecule has 0 fully saturated rings. The lowest BCUT2D eigenvalue weighted by Crippen LogP contribution is -1.79. The fourth-order valence-corrected chi connectivity index (χ4v) is 1.92. The summed E-state index contributed by atoms with van der Waals surface area (Å²) in [6.07, 6.45) is 0. The second kappa shape index (κ2) is 3.87.